The first-order valence-electron chi connectivity index (χ1n) is 5.92. The van der Waals surface area contributed by atoms with E-state index in [1.165, 1.54) is 0 Å². The summed E-state index contributed by atoms with van der Waals surface area (Å²) >= 11 is 6.22. The molecule has 0 aliphatic heterocycles. The van der Waals surface area contributed by atoms with Gasteiger partial charge in [-0.3, -0.25) is 4.79 Å². The molecule has 0 spiro atoms. The summed E-state index contributed by atoms with van der Waals surface area (Å²) in [4.78, 5) is 11.1. The Morgan fingerprint density at radius 3 is 2.74 bits per heavy atom. The Labute approximate surface area is 116 Å². The highest BCUT2D eigenvalue weighted by atomic mass is 35.5. The van der Waals surface area contributed by atoms with Crippen molar-refractivity contribution in [3.05, 3.63) is 47.2 Å². The molecular formula is C14H15ClN2O2. The normalized spacial score (nSPS) is 11.5. The molecule has 0 atom stereocenters. The average molecular weight is 279 g/mol. The van der Waals surface area contributed by atoms with Crippen LogP contribution in [0.2, 0.25) is 5.02 Å². The molecule has 0 radical (unpaired) electrons. The average Bonchev–Trinajstić information content (AvgIpc) is 2.81. The SMILES string of the molecule is CC(C)(Cc1ccc(-n2cccn2)c(Cl)c1)C(=O)O. The van der Waals surface area contributed by atoms with Gasteiger partial charge in [-0.15, -0.1) is 0 Å². The Hall–Kier alpha value is -1.81. The molecule has 2 rings (SSSR count). The van der Waals surface area contributed by atoms with Gasteiger partial charge in [0.15, 0.2) is 0 Å². The fourth-order valence-electron chi connectivity index (χ4n) is 1.84. The van der Waals surface area contributed by atoms with Gasteiger partial charge >= 0.3 is 5.97 Å². The van der Waals surface area contributed by atoms with Gasteiger partial charge < -0.3 is 5.11 Å². The molecule has 0 saturated carbocycles. The highest BCUT2D eigenvalue weighted by Gasteiger charge is 2.27. The summed E-state index contributed by atoms with van der Waals surface area (Å²) in [5, 5.41) is 13.8. The molecule has 0 unspecified atom stereocenters. The summed E-state index contributed by atoms with van der Waals surface area (Å²) < 4.78 is 1.68. The third kappa shape index (κ3) is 2.96. The minimum absolute atomic E-state index is 0.432. The summed E-state index contributed by atoms with van der Waals surface area (Å²) in [5.41, 5.74) is 0.869. The maximum Gasteiger partial charge on any atom is 0.309 e. The van der Waals surface area contributed by atoms with E-state index in [1.807, 2.05) is 24.4 Å². The Morgan fingerprint density at radius 2 is 2.21 bits per heavy atom. The van der Waals surface area contributed by atoms with Crippen molar-refractivity contribution in [3.8, 4) is 5.69 Å². The van der Waals surface area contributed by atoms with Crippen LogP contribution >= 0.6 is 11.6 Å². The van der Waals surface area contributed by atoms with Crippen LogP contribution in [0.4, 0.5) is 0 Å². The Morgan fingerprint density at radius 1 is 1.47 bits per heavy atom. The molecule has 2 aromatic rings. The zero-order valence-electron chi connectivity index (χ0n) is 10.8. The third-order valence-corrected chi connectivity index (χ3v) is 3.29. The van der Waals surface area contributed by atoms with E-state index in [2.05, 4.69) is 5.10 Å². The maximum absolute atomic E-state index is 11.1. The number of carbonyl (C=O) groups is 1. The number of benzene rings is 1. The van der Waals surface area contributed by atoms with Gasteiger partial charge in [0.2, 0.25) is 0 Å². The second-order valence-corrected chi connectivity index (χ2v) is 5.51. The topological polar surface area (TPSA) is 55.1 Å². The second kappa shape index (κ2) is 5.05. The number of carboxylic acids is 1. The van der Waals surface area contributed by atoms with Gasteiger partial charge in [-0.2, -0.15) is 5.10 Å². The lowest BCUT2D eigenvalue weighted by Gasteiger charge is -2.19. The van der Waals surface area contributed by atoms with E-state index in [0.29, 0.717) is 11.4 Å². The molecule has 0 bridgehead atoms. The van der Waals surface area contributed by atoms with Crippen LogP contribution < -0.4 is 0 Å². The van der Waals surface area contributed by atoms with Gasteiger partial charge in [0.1, 0.15) is 0 Å². The number of aliphatic carboxylic acids is 1. The first-order valence-corrected chi connectivity index (χ1v) is 6.30. The van der Waals surface area contributed by atoms with E-state index in [-0.39, 0.29) is 0 Å². The van der Waals surface area contributed by atoms with Crippen molar-refractivity contribution >= 4 is 17.6 Å². The lowest BCUT2D eigenvalue weighted by atomic mass is 9.86. The van der Waals surface area contributed by atoms with Crippen LogP contribution in [0.1, 0.15) is 19.4 Å². The van der Waals surface area contributed by atoms with E-state index >= 15 is 0 Å². The molecule has 1 heterocycles. The van der Waals surface area contributed by atoms with Crippen LogP contribution in [0, 0.1) is 5.41 Å². The molecule has 0 aliphatic rings. The van der Waals surface area contributed by atoms with Gasteiger partial charge in [0, 0.05) is 12.4 Å². The van der Waals surface area contributed by atoms with Gasteiger partial charge in [0.25, 0.3) is 0 Å². The van der Waals surface area contributed by atoms with Crippen molar-refractivity contribution in [1.82, 2.24) is 9.78 Å². The molecule has 0 fully saturated rings. The van der Waals surface area contributed by atoms with Crippen LogP contribution in [0.25, 0.3) is 5.69 Å². The molecule has 1 aromatic carbocycles. The Bertz CT molecular complexity index is 591. The fourth-order valence-corrected chi connectivity index (χ4v) is 2.13. The first-order chi connectivity index (χ1) is 8.90. The lowest BCUT2D eigenvalue weighted by molar-refractivity contribution is -0.146. The summed E-state index contributed by atoms with van der Waals surface area (Å²) in [6.07, 6.45) is 3.92. The van der Waals surface area contributed by atoms with E-state index in [0.717, 1.165) is 11.3 Å². The van der Waals surface area contributed by atoms with Crippen molar-refractivity contribution in [3.63, 3.8) is 0 Å². The number of hydrogen-bond acceptors (Lipinski definition) is 2. The highest BCUT2D eigenvalue weighted by Crippen LogP contribution is 2.26. The van der Waals surface area contributed by atoms with Crippen molar-refractivity contribution in [1.29, 1.82) is 0 Å². The summed E-state index contributed by atoms with van der Waals surface area (Å²) in [6, 6.07) is 7.34. The van der Waals surface area contributed by atoms with E-state index in [9.17, 15) is 4.79 Å². The van der Waals surface area contributed by atoms with Crippen LogP contribution in [0.5, 0.6) is 0 Å². The number of nitrogens with zero attached hydrogens (tertiary/aromatic N) is 2. The summed E-state index contributed by atoms with van der Waals surface area (Å²) in [7, 11) is 0. The predicted molar refractivity (Wildman–Crippen MR) is 73.7 cm³/mol. The first kappa shape index (κ1) is 13.6. The third-order valence-electron chi connectivity index (χ3n) is 2.99. The van der Waals surface area contributed by atoms with Gasteiger partial charge in [-0.05, 0) is 44.0 Å². The van der Waals surface area contributed by atoms with Crippen LogP contribution in [-0.2, 0) is 11.2 Å². The van der Waals surface area contributed by atoms with Crippen LogP contribution in [0.15, 0.2) is 36.7 Å². The van der Waals surface area contributed by atoms with Crippen molar-refractivity contribution in [2.75, 3.05) is 0 Å². The summed E-state index contributed by atoms with van der Waals surface area (Å²) in [5.74, 6) is -0.820. The maximum atomic E-state index is 11.1. The number of aromatic nitrogens is 2. The molecule has 4 nitrogen and oxygen atoms in total. The van der Waals surface area contributed by atoms with Gasteiger partial charge in [-0.25, -0.2) is 4.68 Å². The van der Waals surface area contributed by atoms with Gasteiger partial charge in [0.05, 0.1) is 16.1 Å². The Balaban J connectivity index is 2.27. The molecule has 100 valence electrons. The van der Waals surface area contributed by atoms with E-state index in [4.69, 9.17) is 16.7 Å². The predicted octanol–water partition coefficient (Wildman–Crippen LogP) is 3.18. The van der Waals surface area contributed by atoms with E-state index in [1.54, 1.807) is 30.8 Å². The standard InChI is InChI=1S/C14H15ClN2O2/c1-14(2,13(18)19)9-10-4-5-12(11(15)8-10)17-7-3-6-16-17/h3-8H,9H2,1-2H3,(H,18,19). The number of halogens is 1. The zero-order valence-corrected chi connectivity index (χ0v) is 11.6. The molecule has 5 heteroatoms. The minimum Gasteiger partial charge on any atom is -0.481 e. The molecule has 0 amide bonds. The van der Waals surface area contributed by atoms with Crippen LogP contribution in [-0.4, -0.2) is 20.9 Å². The smallest absolute Gasteiger partial charge is 0.309 e. The summed E-state index contributed by atoms with van der Waals surface area (Å²) in [6.45, 7) is 3.40. The molecule has 0 saturated heterocycles. The molecular weight excluding hydrogens is 264 g/mol. The number of carboxylic acid groups (broad SMARTS) is 1. The molecule has 19 heavy (non-hydrogen) atoms. The number of hydrogen-bond donors (Lipinski definition) is 1. The molecule has 1 N–H and O–H groups in total. The lowest BCUT2D eigenvalue weighted by Crippen LogP contribution is -2.26. The monoisotopic (exact) mass is 278 g/mol. The zero-order chi connectivity index (χ0) is 14.0. The largest absolute Gasteiger partial charge is 0.481 e. The Kier molecular flexibility index (Phi) is 3.62. The van der Waals surface area contributed by atoms with Crippen LogP contribution in [0.3, 0.4) is 0 Å². The van der Waals surface area contributed by atoms with Crippen molar-refractivity contribution < 1.29 is 9.90 Å². The minimum atomic E-state index is -0.820. The molecule has 1 aromatic heterocycles. The fraction of sp³-hybridized carbons (Fsp3) is 0.286. The van der Waals surface area contributed by atoms with Gasteiger partial charge in [-0.1, -0.05) is 17.7 Å². The van der Waals surface area contributed by atoms with Crippen molar-refractivity contribution in [2.24, 2.45) is 5.41 Å². The number of rotatable bonds is 4. The second-order valence-electron chi connectivity index (χ2n) is 5.10. The van der Waals surface area contributed by atoms with E-state index < -0.39 is 11.4 Å². The van der Waals surface area contributed by atoms with Crippen molar-refractivity contribution in [2.45, 2.75) is 20.3 Å². The quantitative estimate of drug-likeness (QED) is 0.934. The highest BCUT2D eigenvalue weighted by molar-refractivity contribution is 6.32. The molecule has 0 aliphatic carbocycles.